The summed E-state index contributed by atoms with van der Waals surface area (Å²) in [5.74, 6) is -1.90. The highest BCUT2D eigenvalue weighted by Gasteiger charge is 2.43. The smallest absolute Gasteiger partial charge is 0.367 e. The van der Waals surface area contributed by atoms with Gasteiger partial charge in [0.05, 0.1) is 10.4 Å². The van der Waals surface area contributed by atoms with E-state index in [1.54, 1.807) is 29.2 Å². The van der Waals surface area contributed by atoms with Crippen LogP contribution < -0.4 is 4.90 Å². The molecular weight excluding hydrogens is 607 g/mol. The number of rotatable bonds is 4. The van der Waals surface area contributed by atoms with E-state index in [1.807, 2.05) is 0 Å². The van der Waals surface area contributed by atoms with Gasteiger partial charge in [0.2, 0.25) is 0 Å². The second kappa shape index (κ2) is 9.00. The Balaban J connectivity index is 1.79. The van der Waals surface area contributed by atoms with Crippen molar-refractivity contribution in [1.29, 1.82) is 0 Å². The van der Waals surface area contributed by atoms with Crippen LogP contribution >= 0.6 is 31.9 Å². The third-order valence-electron chi connectivity index (χ3n) is 5.47. The fraction of sp³-hybridized carbons (Fsp3) is 0.238. The van der Waals surface area contributed by atoms with Crippen LogP contribution in [0.4, 0.5) is 18.9 Å². The Hall–Kier alpha value is -2.38. The van der Waals surface area contributed by atoms with E-state index in [-0.39, 0.29) is 42.2 Å². The number of hydrogen-bond acceptors (Lipinski definition) is 5. The number of aldehydes is 1. The monoisotopic (exact) mass is 621 g/mol. The molecule has 0 bridgehead atoms. The number of halogens is 5. The third-order valence-corrected chi connectivity index (χ3v) is 8.09. The van der Waals surface area contributed by atoms with Crippen LogP contribution in [0, 0.1) is 0 Å². The Kier molecular flexibility index (Phi) is 6.55. The standard InChI is InChI=1S/C21H16Br2F3N3O4S/c22-14-2-1-3-16(8-14)34(32,33)29-11-13(12-30)19-17(9-15(23)10-18(19)29)27-4-6-28(7-5-27)20(31)21(24,25)26/h1-3,8-12H,4-7H2. The maximum Gasteiger partial charge on any atom is 0.471 e. The molecule has 13 heteroatoms. The summed E-state index contributed by atoms with van der Waals surface area (Å²) < 4.78 is 67.2. The predicted octanol–water partition coefficient (Wildman–Crippen LogP) is 4.43. The lowest BCUT2D eigenvalue weighted by Crippen LogP contribution is -2.52. The quantitative estimate of drug-likeness (QED) is 0.403. The minimum atomic E-state index is -4.95. The van der Waals surface area contributed by atoms with Gasteiger partial charge in [0, 0.05) is 58.0 Å². The molecule has 0 aliphatic carbocycles. The molecule has 0 N–H and O–H groups in total. The first-order valence-electron chi connectivity index (χ1n) is 9.85. The number of benzene rings is 2. The number of hydrogen-bond donors (Lipinski definition) is 0. The van der Waals surface area contributed by atoms with Crippen LogP contribution in [0.1, 0.15) is 10.4 Å². The number of aromatic nitrogens is 1. The Bertz CT molecular complexity index is 1400. The fourth-order valence-corrected chi connectivity index (χ4v) is 6.31. The van der Waals surface area contributed by atoms with E-state index in [0.717, 1.165) is 8.87 Å². The summed E-state index contributed by atoms with van der Waals surface area (Å²) in [7, 11) is -4.07. The van der Waals surface area contributed by atoms with Gasteiger partial charge in [0.1, 0.15) is 0 Å². The van der Waals surface area contributed by atoms with Crippen LogP contribution in [0.5, 0.6) is 0 Å². The van der Waals surface area contributed by atoms with Gasteiger partial charge in [-0.15, -0.1) is 0 Å². The molecule has 3 aromatic rings. The zero-order valence-electron chi connectivity index (χ0n) is 17.2. The van der Waals surface area contributed by atoms with Crippen LogP contribution in [-0.4, -0.2) is 61.8 Å². The molecule has 0 unspecified atom stereocenters. The normalized spacial score (nSPS) is 15.1. The summed E-state index contributed by atoms with van der Waals surface area (Å²) in [5, 5.41) is 0.354. The van der Waals surface area contributed by atoms with Gasteiger partial charge in [-0.2, -0.15) is 13.2 Å². The van der Waals surface area contributed by atoms with E-state index < -0.39 is 22.1 Å². The molecule has 1 amide bonds. The lowest BCUT2D eigenvalue weighted by Gasteiger charge is -2.36. The van der Waals surface area contributed by atoms with Crippen molar-refractivity contribution < 1.29 is 31.2 Å². The molecule has 180 valence electrons. The van der Waals surface area contributed by atoms with E-state index >= 15 is 0 Å². The molecule has 34 heavy (non-hydrogen) atoms. The van der Waals surface area contributed by atoms with Gasteiger partial charge >= 0.3 is 12.1 Å². The molecule has 0 spiro atoms. The largest absolute Gasteiger partial charge is 0.471 e. The molecule has 7 nitrogen and oxygen atoms in total. The molecule has 0 saturated carbocycles. The average molecular weight is 623 g/mol. The predicted molar refractivity (Wildman–Crippen MR) is 127 cm³/mol. The van der Waals surface area contributed by atoms with Gasteiger partial charge in [-0.1, -0.05) is 37.9 Å². The van der Waals surface area contributed by atoms with E-state index in [9.17, 15) is 31.2 Å². The minimum Gasteiger partial charge on any atom is -0.367 e. The van der Waals surface area contributed by atoms with Crippen molar-refractivity contribution >= 4 is 70.7 Å². The zero-order chi connectivity index (χ0) is 24.8. The molecule has 1 fully saturated rings. The molecule has 0 atom stereocenters. The number of amides is 1. The van der Waals surface area contributed by atoms with E-state index in [1.165, 1.54) is 18.3 Å². The van der Waals surface area contributed by atoms with Crippen LogP contribution in [0.25, 0.3) is 10.9 Å². The van der Waals surface area contributed by atoms with Gasteiger partial charge in [0.25, 0.3) is 10.0 Å². The Labute approximate surface area is 209 Å². The Morgan fingerprint density at radius 3 is 2.26 bits per heavy atom. The average Bonchev–Trinajstić information content (AvgIpc) is 3.17. The summed E-state index contributed by atoms with van der Waals surface area (Å²) in [5.41, 5.74) is 0.832. The van der Waals surface area contributed by atoms with Crippen molar-refractivity contribution in [1.82, 2.24) is 8.87 Å². The molecular formula is C21H16Br2F3N3O4S. The number of anilines is 1. The van der Waals surface area contributed by atoms with E-state index in [4.69, 9.17) is 0 Å². The molecule has 1 aromatic heterocycles. The number of alkyl halides is 3. The summed E-state index contributed by atoms with van der Waals surface area (Å²) in [6.45, 7) is -0.176. The molecule has 1 aliphatic heterocycles. The number of nitrogens with zero attached hydrogens (tertiary/aromatic N) is 3. The lowest BCUT2D eigenvalue weighted by molar-refractivity contribution is -0.185. The summed E-state index contributed by atoms with van der Waals surface area (Å²) >= 11 is 6.62. The Morgan fingerprint density at radius 1 is 1.00 bits per heavy atom. The van der Waals surface area contributed by atoms with E-state index in [2.05, 4.69) is 31.9 Å². The molecule has 1 saturated heterocycles. The lowest BCUT2D eigenvalue weighted by atomic mass is 10.1. The molecule has 2 heterocycles. The number of piperazine rings is 1. The highest BCUT2D eigenvalue weighted by molar-refractivity contribution is 9.10. The molecule has 4 rings (SSSR count). The van der Waals surface area contributed by atoms with Crippen molar-refractivity contribution in [3.05, 3.63) is 57.1 Å². The van der Waals surface area contributed by atoms with E-state index in [0.29, 0.717) is 26.3 Å². The van der Waals surface area contributed by atoms with Crippen molar-refractivity contribution in [2.45, 2.75) is 11.1 Å². The maximum atomic E-state index is 13.4. The van der Waals surface area contributed by atoms with Crippen LogP contribution in [0.3, 0.4) is 0 Å². The van der Waals surface area contributed by atoms with Gasteiger partial charge in [-0.3, -0.25) is 9.59 Å². The first kappa shape index (κ1) is 24.7. The first-order valence-corrected chi connectivity index (χ1v) is 12.9. The third kappa shape index (κ3) is 4.48. The van der Waals surface area contributed by atoms with Crippen LogP contribution in [0.15, 0.2) is 56.4 Å². The zero-order valence-corrected chi connectivity index (χ0v) is 21.2. The van der Waals surface area contributed by atoms with Gasteiger partial charge in [-0.05, 0) is 30.3 Å². The number of carbonyl (C=O) groups excluding carboxylic acids is 2. The highest BCUT2D eigenvalue weighted by atomic mass is 79.9. The number of carbonyl (C=O) groups is 2. The molecule has 2 aromatic carbocycles. The first-order chi connectivity index (χ1) is 15.9. The van der Waals surface area contributed by atoms with Crippen molar-refractivity contribution in [2.75, 3.05) is 31.1 Å². The Morgan fingerprint density at radius 2 is 1.68 bits per heavy atom. The highest BCUT2D eigenvalue weighted by Crippen LogP contribution is 2.37. The summed E-state index contributed by atoms with van der Waals surface area (Å²) in [6, 6.07) is 9.37. The van der Waals surface area contributed by atoms with Gasteiger partial charge in [0.15, 0.2) is 6.29 Å². The summed E-state index contributed by atoms with van der Waals surface area (Å²) in [6.07, 6.45) is -3.18. The minimum absolute atomic E-state index is 0.0111. The topological polar surface area (TPSA) is 79.7 Å². The second-order valence-corrected chi connectivity index (χ2v) is 11.2. The summed E-state index contributed by atoms with van der Waals surface area (Å²) in [4.78, 5) is 25.9. The van der Waals surface area contributed by atoms with Gasteiger partial charge < -0.3 is 9.80 Å². The maximum absolute atomic E-state index is 13.4. The second-order valence-electron chi connectivity index (χ2n) is 7.56. The molecule has 1 aliphatic rings. The van der Waals surface area contributed by atoms with Gasteiger partial charge in [-0.25, -0.2) is 12.4 Å². The molecule has 0 radical (unpaired) electrons. The fourth-order valence-electron chi connectivity index (χ4n) is 3.92. The van der Waals surface area contributed by atoms with Crippen molar-refractivity contribution in [2.24, 2.45) is 0 Å². The number of fused-ring (bicyclic) bond motifs is 1. The van der Waals surface area contributed by atoms with Crippen molar-refractivity contribution in [3.63, 3.8) is 0 Å². The van der Waals surface area contributed by atoms with Crippen LogP contribution in [0.2, 0.25) is 0 Å². The van der Waals surface area contributed by atoms with Crippen molar-refractivity contribution in [3.8, 4) is 0 Å². The van der Waals surface area contributed by atoms with Crippen LogP contribution in [-0.2, 0) is 14.8 Å². The SMILES string of the molecule is O=Cc1cn(S(=O)(=O)c2cccc(Br)c2)c2cc(Br)cc(N3CCN(C(=O)C(F)(F)F)CC3)c12.